The van der Waals surface area contributed by atoms with E-state index in [1.165, 1.54) is 23.1 Å². The third-order valence-electron chi connectivity index (χ3n) is 4.56. The number of carboxylic acid groups (broad SMARTS) is 1. The molecule has 2 fully saturated rings. The molecule has 0 radical (unpaired) electrons. The topological polar surface area (TPSA) is 64.1 Å². The van der Waals surface area contributed by atoms with Crippen LogP contribution in [0.2, 0.25) is 0 Å². The number of nitrogens with zero attached hydrogens (tertiary/aromatic N) is 3. The van der Waals surface area contributed by atoms with Crippen LogP contribution in [-0.2, 0) is 0 Å². The number of carbonyl (C=O) groups excluding carboxylic acids is 1. The van der Waals surface area contributed by atoms with Crippen LogP contribution >= 0.6 is 0 Å². The predicted molar refractivity (Wildman–Crippen MR) is 87.8 cm³/mol. The molecule has 1 amide bonds. The summed E-state index contributed by atoms with van der Waals surface area (Å²) in [5, 5.41) is 9.12. The maximum atomic E-state index is 14.3. The normalized spacial score (nSPS) is 22.5. The van der Waals surface area contributed by atoms with Gasteiger partial charge in [-0.3, -0.25) is 4.79 Å². The molecule has 0 spiro atoms. The number of hydrogen-bond donors (Lipinski definition) is 1. The van der Waals surface area contributed by atoms with E-state index in [1.54, 1.807) is 31.3 Å². The molecule has 2 atom stereocenters. The fourth-order valence-corrected chi connectivity index (χ4v) is 3.41. The minimum Gasteiger partial charge on any atom is -0.465 e. The molecular weight excluding hydrogens is 313 g/mol. The lowest BCUT2D eigenvalue weighted by atomic mass is 10.1. The van der Waals surface area contributed by atoms with Crippen LogP contribution in [0.5, 0.6) is 0 Å². The van der Waals surface area contributed by atoms with Gasteiger partial charge in [0.2, 0.25) is 0 Å². The molecule has 2 saturated heterocycles. The van der Waals surface area contributed by atoms with Crippen molar-refractivity contribution in [2.24, 2.45) is 0 Å². The Kier molecular flexibility index (Phi) is 4.17. The van der Waals surface area contributed by atoms with E-state index in [9.17, 15) is 14.0 Å². The summed E-state index contributed by atoms with van der Waals surface area (Å²) in [6.07, 6.45) is 2.78. The lowest BCUT2D eigenvalue weighted by Gasteiger charge is -2.34. The van der Waals surface area contributed by atoms with Crippen LogP contribution in [0.3, 0.4) is 0 Å². The van der Waals surface area contributed by atoms with Gasteiger partial charge >= 0.3 is 6.09 Å². The molecule has 1 aromatic carbocycles. The van der Waals surface area contributed by atoms with Gasteiger partial charge in [0.1, 0.15) is 5.82 Å². The monoisotopic (exact) mass is 333 g/mol. The number of benzene rings is 1. The van der Waals surface area contributed by atoms with Crippen LogP contribution in [0, 0.1) is 5.82 Å². The Morgan fingerprint density at radius 2 is 2.04 bits per heavy atom. The third kappa shape index (κ3) is 2.93. The molecular formula is C17H20FN3O3. The molecule has 0 aliphatic carbocycles. The van der Waals surface area contributed by atoms with Crippen molar-refractivity contribution in [1.29, 1.82) is 0 Å². The van der Waals surface area contributed by atoms with Crippen molar-refractivity contribution < 1.29 is 19.1 Å². The Labute approximate surface area is 139 Å². The van der Waals surface area contributed by atoms with Crippen LogP contribution in [0.25, 0.3) is 0 Å². The van der Waals surface area contributed by atoms with E-state index in [2.05, 4.69) is 0 Å². The summed E-state index contributed by atoms with van der Waals surface area (Å²) in [6, 6.07) is 4.61. The fourth-order valence-electron chi connectivity index (χ4n) is 3.41. The molecule has 7 heteroatoms. The van der Waals surface area contributed by atoms with Crippen molar-refractivity contribution >= 4 is 17.6 Å². The molecule has 128 valence electrons. The molecule has 2 unspecified atom stereocenters. The number of ketones is 1. The summed E-state index contributed by atoms with van der Waals surface area (Å²) in [6.45, 7) is 0.998. The predicted octanol–water partition coefficient (Wildman–Crippen LogP) is 2.02. The summed E-state index contributed by atoms with van der Waals surface area (Å²) in [5.41, 5.74) is 0.728. The van der Waals surface area contributed by atoms with E-state index < -0.39 is 11.9 Å². The van der Waals surface area contributed by atoms with Gasteiger partial charge in [0.25, 0.3) is 0 Å². The molecule has 3 rings (SSSR count). The molecule has 0 aromatic heterocycles. The molecule has 2 aliphatic heterocycles. The van der Waals surface area contributed by atoms with Gasteiger partial charge in [0.15, 0.2) is 5.78 Å². The van der Waals surface area contributed by atoms with Gasteiger partial charge in [-0.05, 0) is 24.6 Å². The fraction of sp³-hybridized carbons (Fsp3) is 0.412. The van der Waals surface area contributed by atoms with Gasteiger partial charge < -0.3 is 19.8 Å². The Morgan fingerprint density at radius 1 is 1.29 bits per heavy atom. The lowest BCUT2D eigenvalue weighted by molar-refractivity contribution is 0.104. The summed E-state index contributed by atoms with van der Waals surface area (Å²) in [7, 11) is 3.57. The number of piperazine rings is 1. The van der Waals surface area contributed by atoms with Crippen molar-refractivity contribution in [3.05, 3.63) is 41.9 Å². The minimum absolute atomic E-state index is 0.0355. The zero-order valence-corrected chi connectivity index (χ0v) is 13.6. The molecule has 1 aromatic rings. The minimum atomic E-state index is -0.901. The number of amides is 1. The van der Waals surface area contributed by atoms with E-state index in [0.29, 0.717) is 18.8 Å². The Balaban J connectivity index is 1.75. The summed E-state index contributed by atoms with van der Waals surface area (Å²) in [5.74, 6) is -0.938. The summed E-state index contributed by atoms with van der Waals surface area (Å²) in [4.78, 5) is 28.3. The first-order valence-corrected chi connectivity index (χ1v) is 7.81. The van der Waals surface area contributed by atoms with Gasteiger partial charge in [0.05, 0.1) is 11.6 Å². The summed E-state index contributed by atoms with van der Waals surface area (Å²) < 4.78 is 14.3. The van der Waals surface area contributed by atoms with Crippen molar-refractivity contribution in [3.63, 3.8) is 0 Å². The first kappa shape index (κ1) is 16.3. The zero-order valence-electron chi connectivity index (χ0n) is 13.6. The van der Waals surface area contributed by atoms with Crippen LogP contribution in [0.1, 0.15) is 16.8 Å². The molecule has 2 bridgehead atoms. The zero-order chi connectivity index (χ0) is 17.4. The van der Waals surface area contributed by atoms with Gasteiger partial charge in [-0.25, -0.2) is 9.18 Å². The maximum absolute atomic E-state index is 14.3. The van der Waals surface area contributed by atoms with Crippen molar-refractivity contribution in [3.8, 4) is 0 Å². The van der Waals surface area contributed by atoms with E-state index in [4.69, 9.17) is 5.11 Å². The molecule has 2 aliphatic rings. The largest absolute Gasteiger partial charge is 0.465 e. The average molecular weight is 333 g/mol. The second-order valence-electron chi connectivity index (χ2n) is 6.44. The first-order chi connectivity index (χ1) is 11.4. The highest BCUT2D eigenvalue weighted by molar-refractivity contribution is 6.04. The van der Waals surface area contributed by atoms with Gasteiger partial charge in [-0.15, -0.1) is 0 Å². The Morgan fingerprint density at radius 3 is 2.58 bits per heavy atom. The van der Waals surface area contributed by atoms with E-state index in [-0.39, 0.29) is 23.4 Å². The van der Waals surface area contributed by atoms with Crippen LogP contribution in [0.4, 0.5) is 14.9 Å². The SMILES string of the molecule is CN(C)/C=C/C(=O)c1ccc(N2CC3CC2CN3C(=O)O)cc1F. The molecule has 0 saturated carbocycles. The molecule has 6 nitrogen and oxygen atoms in total. The number of allylic oxidation sites excluding steroid dienone is 1. The van der Waals surface area contributed by atoms with E-state index in [1.807, 2.05) is 4.90 Å². The standard InChI is InChI=1S/C17H20FN3O3/c1-19(2)6-5-16(22)14-4-3-11(8-15(14)18)20-9-13-7-12(20)10-21(13)17(23)24/h3-6,8,12-13H,7,9-10H2,1-2H3,(H,23,24)/b6-5+. The van der Waals surface area contributed by atoms with Gasteiger partial charge in [-0.1, -0.05) is 0 Å². The van der Waals surface area contributed by atoms with Gasteiger partial charge in [0, 0.05) is 51.2 Å². The highest BCUT2D eigenvalue weighted by Gasteiger charge is 2.45. The van der Waals surface area contributed by atoms with Crippen molar-refractivity contribution in [1.82, 2.24) is 9.80 Å². The number of likely N-dealkylation sites (tertiary alicyclic amines) is 1. The maximum Gasteiger partial charge on any atom is 0.407 e. The van der Waals surface area contributed by atoms with Crippen molar-refractivity contribution in [2.45, 2.75) is 18.5 Å². The number of fused-ring (bicyclic) bond motifs is 2. The number of rotatable bonds is 4. The van der Waals surface area contributed by atoms with Crippen LogP contribution in [-0.4, -0.2) is 66.1 Å². The van der Waals surface area contributed by atoms with Crippen LogP contribution in [0.15, 0.2) is 30.5 Å². The van der Waals surface area contributed by atoms with Gasteiger partial charge in [-0.2, -0.15) is 0 Å². The molecule has 1 N–H and O–H groups in total. The Bertz CT molecular complexity index is 704. The number of carbonyl (C=O) groups is 2. The van der Waals surface area contributed by atoms with E-state index in [0.717, 1.165) is 6.42 Å². The molecule has 24 heavy (non-hydrogen) atoms. The second kappa shape index (κ2) is 6.14. The summed E-state index contributed by atoms with van der Waals surface area (Å²) >= 11 is 0. The van der Waals surface area contributed by atoms with Crippen molar-refractivity contribution in [2.75, 3.05) is 32.1 Å². The molecule has 2 heterocycles. The highest BCUT2D eigenvalue weighted by Crippen LogP contribution is 2.35. The first-order valence-electron chi connectivity index (χ1n) is 7.81. The number of anilines is 1. The van der Waals surface area contributed by atoms with Crippen LogP contribution < -0.4 is 4.90 Å². The smallest absolute Gasteiger partial charge is 0.407 e. The average Bonchev–Trinajstić information content (AvgIpc) is 3.12. The number of halogens is 1. The third-order valence-corrected chi connectivity index (χ3v) is 4.56. The highest BCUT2D eigenvalue weighted by atomic mass is 19.1. The van der Waals surface area contributed by atoms with E-state index >= 15 is 0 Å². The Hall–Kier alpha value is -2.57. The quantitative estimate of drug-likeness (QED) is 0.675. The lowest BCUT2D eigenvalue weighted by Crippen LogP contribution is -2.48. The second-order valence-corrected chi connectivity index (χ2v) is 6.44. The number of hydrogen-bond acceptors (Lipinski definition) is 4.